The van der Waals surface area contributed by atoms with Gasteiger partial charge in [-0.1, -0.05) is 0 Å². The van der Waals surface area contributed by atoms with E-state index >= 15 is 0 Å². The molecule has 0 aliphatic carbocycles. The molecule has 4 atom stereocenters. The average Bonchev–Trinajstić information content (AvgIpc) is 2.08. The highest BCUT2D eigenvalue weighted by Crippen LogP contribution is 2.25. The van der Waals surface area contributed by atoms with E-state index in [0.29, 0.717) is 0 Å². The molecule has 5 N–H and O–H groups in total. The Morgan fingerprint density at radius 3 is 2.45 bits per heavy atom. The van der Waals surface area contributed by atoms with Gasteiger partial charge in [0.1, 0.15) is 6.10 Å². The molecule has 5 nitrogen and oxygen atoms in total. The number of rotatable bonds is 1. The monoisotopic (exact) mass is 163 g/mol. The molecule has 5 heteroatoms. The SMILES string of the molecule is C[C@H](O)[C@@H]1C[C@@H](O)[C@@](N)(O)O1. The lowest BCUT2D eigenvalue weighted by molar-refractivity contribution is -0.231. The standard InChI is InChI=1S/C6H13NO4/c1-3(8)4-2-5(9)6(7,10)11-4/h3-5,8-10H,2,7H2,1H3/t3-,4-,5+,6+/m0/s1. The number of aliphatic hydroxyl groups is 3. The fourth-order valence-corrected chi connectivity index (χ4v) is 1.05. The Hall–Kier alpha value is -0.200. The van der Waals surface area contributed by atoms with Crippen molar-refractivity contribution in [3.8, 4) is 0 Å². The van der Waals surface area contributed by atoms with Crippen molar-refractivity contribution in [2.45, 2.75) is 37.6 Å². The van der Waals surface area contributed by atoms with Crippen LogP contribution in [0.2, 0.25) is 0 Å². The zero-order valence-corrected chi connectivity index (χ0v) is 6.27. The number of nitrogens with two attached hydrogens (primary N) is 1. The van der Waals surface area contributed by atoms with Gasteiger partial charge in [-0.05, 0) is 6.92 Å². The molecule has 66 valence electrons. The molecule has 1 heterocycles. The summed E-state index contributed by atoms with van der Waals surface area (Å²) in [5.41, 5.74) is 5.12. The molecule has 0 amide bonds. The topological polar surface area (TPSA) is 95.9 Å². The molecule has 0 aromatic rings. The summed E-state index contributed by atoms with van der Waals surface area (Å²) in [6, 6.07) is 0. The summed E-state index contributed by atoms with van der Waals surface area (Å²) >= 11 is 0. The molecule has 1 aliphatic rings. The highest BCUT2D eigenvalue weighted by Gasteiger charge is 2.45. The molecular weight excluding hydrogens is 150 g/mol. The van der Waals surface area contributed by atoms with Crippen LogP contribution in [-0.4, -0.2) is 39.5 Å². The van der Waals surface area contributed by atoms with Crippen molar-refractivity contribution in [2.75, 3.05) is 0 Å². The Balaban J connectivity index is 2.57. The predicted molar refractivity (Wildman–Crippen MR) is 36.3 cm³/mol. The van der Waals surface area contributed by atoms with Crippen molar-refractivity contribution in [1.29, 1.82) is 0 Å². The van der Waals surface area contributed by atoms with Gasteiger partial charge in [0.2, 0.25) is 5.91 Å². The van der Waals surface area contributed by atoms with E-state index in [1.807, 2.05) is 0 Å². The Kier molecular flexibility index (Phi) is 2.17. The first-order valence-corrected chi connectivity index (χ1v) is 3.48. The summed E-state index contributed by atoms with van der Waals surface area (Å²) in [6.45, 7) is 1.51. The van der Waals surface area contributed by atoms with Crippen LogP contribution < -0.4 is 5.73 Å². The van der Waals surface area contributed by atoms with Gasteiger partial charge in [0.05, 0.1) is 12.2 Å². The third-order valence-corrected chi connectivity index (χ3v) is 1.81. The van der Waals surface area contributed by atoms with Gasteiger partial charge in [0.15, 0.2) is 0 Å². The fourth-order valence-electron chi connectivity index (χ4n) is 1.05. The van der Waals surface area contributed by atoms with Crippen molar-refractivity contribution in [3.05, 3.63) is 0 Å². The quantitative estimate of drug-likeness (QED) is 0.339. The van der Waals surface area contributed by atoms with E-state index in [1.54, 1.807) is 0 Å². The summed E-state index contributed by atoms with van der Waals surface area (Å²) in [4.78, 5) is 0. The fraction of sp³-hybridized carbons (Fsp3) is 1.00. The van der Waals surface area contributed by atoms with Crippen LogP contribution in [0.4, 0.5) is 0 Å². The second kappa shape index (κ2) is 2.69. The second-order valence-electron chi connectivity index (χ2n) is 2.90. The Morgan fingerprint density at radius 1 is 1.73 bits per heavy atom. The maximum absolute atomic E-state index is 9.08. The van der Waals surface area contributed by atoms with Crippen LogP contribution in [-0.2, 0) is 4.74 Å². The van der Waals surface area contributed by atoms with Crippen LogP contribution in [0.3, 0.4) is 0 Å². The lowest BCUT2D eigenvalue weighted by Gasteiger charge is -2.20. The predicted octanol–water partition coefficient (Wildman–Crippen LogP) is -1.88. The first-order chi connectivity index (χ1) is 4.93. The molecule has 1 fully saturated rings. The van der Waals surface area contributed by atoms with Gasteiger partial charge >= 0.3 is 0 Å². The van der Waals surface area contributed by atoms with E-state index in [0.717, 1.165) is 0 Å². The molecule has 0 radical (unpaired) electrons. The van der Waals surface area contributed by atoms with Gasteiger partial charge < -0.3 is 20.1 Å². The highest BCUT2D eigenvalue weighted by atomic mass is 16.7. The molecule has 0 spiro atoms. The second-order valence-corrected chi connectivity index (χ2v) is 2.90. The molecule has 0 unspecified atom stereocenters. The molecule has 0 aromatic carbocycles. The molecule has 1 aliphatic heterocycles. The van der Waals surface area contributed by atoms with Crippen LogP contribution >= 0.6 is 0 Å². The number of ether oxygens (including phenoxy) is 1. The third-order valence-electron chi connectivity index (χ3n) is 1.81. The maximum atomic E-state index is 9.08. The summed E-state index contributed by atoms with van der Waals surface area (Å²) in [7, 11) is 0. The van der Waals surface area contributed by atoms with E-state index in [2.05, 4.69) is 0 Å². The zero-order valence-electron chi connectivity index (χ0n) is 6.27. The molecular formula is C6H13NO4. The summed E-state index contributed by atoms with van der Waals surface area (Å²) in [6.07, 6.45) is -2.28. The van der Waals surface area contributed by atoms with Crippen molar-refractivity contribution in [3.63, 3.8) is 0 Å². The minimum absolute atomic E-state index is 0.157. The summed E-state index contributed by atoms with van der Waals surface area (Å²) in [5.74, 6) is -2.00. The van der Waals surface area contributed by atoms with Gasteiger partial charge in [0.25, 0.3) is 0 Å². The van der Waals surface area contributed by atoms with Crippen molar-refractivity contribution < 1.29 is 20.1 Å². The Morgan fingerprint density at radius 2 is 2.27 bits per heavy atom. The molecule has 0 bridgehead atoms. The number of hydrogen-bond donors (Lipinski definition) is 4. The van der Waals surface area contributed by atoms with Crippen LogP contribution in [0.25, 0.3) is 0 Å². The lowest BCUT2D eigenvalue weighted by Crippen LogP contribution is -2.48. The van der Waals surface area contributed by atoms with Crippen molar-refractivity contribution in [2.24, 2.45) is 5.73 Å². The molecule has 0 aromatic heterocycles. The van der Waals surface area contributed by atoms with E-state index in [9.17, 15) is 0 Å². The van der Waals surface area contributed by atoms with Crippen molar-refractivity contribution in [1.82, 2.24) is 0 Å². The molecule has 0 saturated carbocycles. The highest BCUT2D eigenvalue weighted by molar-refractivity contribution is 4.85. The average molecular weight is 163 g/mol. The van der Waals surface area contributed by atoms with E-state index < -0.39 is 24.2 Å². The van der Waals surface area contributed by atoms with Crippen LogP contribution in [0, 0.1) is 0 Å². The smallest absolute Gasteiger partial charge is 0.250 e. The molecule has 1 rings (SSSR count). The lowest BCUT2D eigenvalue weighted by atomic mass is 10.1. The zero-order chi connectivity index (χ0) is 8.65. The minimum Gasteiger partial charge on any atom is -0.391 e. The third kappa shape index (κ3) is 1.69. The molecule has 11 heavy (non-hydrogen) atoms. The van der Waals surface area contributed by atoms with Gasteiger partial charge in [-0.3, -0.25) is 5.73 Å². The number of aliphatic hydroxyl groups excluding tert-OH is 2. The first-order valence-electron chi connectivity index (χ1n) is 3.48. The van der Waals surface area contributed by atoms with Gasteiger partial charge in [-0.25, -0.2) is 0 Å². The van der Waals surface area contributed by atoms with Crippen LogP contribution in [0.1, 0.15) is 13.3 Å². The normalized spacial score (nSPS) is 47.7. The molecule has 1 saturated heterocycles. The van der Waals surface area contributed by atoms with E-state index in [-0.39, 0.29) is 6.42 Å². The van der Waals surface area contributed by atoms with E-state index in [1.165, 1.54) is 6.92 Å². The summed E-state index contributed by atoms with van der Waals surface area (Å²) in [5, 5.41) is 27.1. The van der Waals surface area contributed by atoms with Gasteiger partial charge in [-0.2, -0.15) is 0 Å². The Labute approximate surface area is 64.4 Å². The first kappa shape index (κ1) is 8.89. The largest absolute Gasteiger partial charge is 0.391 e. The van der Waals surface area contributed by atoms with Gasteiger partial charge in [-0.15, -0.1) is 0 Å². The van der Waals surface area contributed by atoms with Crippen molar-refractivity contribution >= 4 is 0 Å². The maximum Gasteiger partial charge on any atom is 0.250 e. The Bertz CT molecular complexity index is 148. The van der Waals surface area contributed by atoms with Gasteiger partial charge in [0, 0.05) is 6.42 Å². The van der Waals surface area contributed by atoms with E-state index in [4.69, 9.17) is 25.8 Å². The van der Waals surface area contributed by atoms with Crippen LogP contribution in [0.5, 0.6) is 0 Å². The summed E-state index contributed by atoms with van der Waals surface area (Å²) < 4.78 is 4.76. The van der Waals surface area contributed by atoms with Crippen LogP contribution in [0.15, 0.2) is 0 Å². The minimum atomic E-state index is -2.00. The number of hydrogen-bond acceptors (Lipinski definition) is 5.